The first-order chi connectivity index (χ1) is 7.40. The highest BCUT2D eigenvalue weighted by molar-refractivity contribution is 6.47. The predicted molar refractivity (Wildman–Crippen MR) is 59.4 cm³/mol. The smallest absolute Gasteiger partial charge is 0.523 e. The molecule has 1 aromatic rings. The second-order valence-electron chi connectivity index (χ2n) is 3.60. The molecule has 2 rings (SSSR count). The van der Waals surface area contributed by atoms with E-state index in [1.54, 1.807) is 7.11 Å². The Labute approximate surface area is 90.5 Å². The van der Waals surface area contributed by atoms with Gasteiger partial charge in [-0.3, -0.25) is 0 Å². The molecule has 80 valence electrons. The van der Waals surface area contributed by atoms with Gasteiger partial charge in [-0.1, -0.05) is 18.6 Å². The number of para-hydroxylation sites is 2. The molecule has 0 amide bonds. The Balaban J connectivity index is 1.76. The first-order valence-electron chi connectivity index (χ1n) is 5.31. The molecule has 0 aliphatic carbocycles. The average molecular weight is 206 g/mol. The van der Waals surface area contributed by atoms with Crippen LogP contribution in [0.1, 0.15) is 12.8 Å². The van der Waals surface area contributed by atoms with E-state index in [9.17, 15) is 0 Å². The molecule has 3 nitrogen and oxygen atoms in total. The third kappa shape index (κ3) is 2.66. The zero-order valence-corrected chi connectivity index (χ0v) is 8.94. The summed E-state index contributed by atoms with van der Waals surface area (Å²) in [6.07, 6.45) is 3.03. The Morgan fingerprint density at radius 2 is 1.80 bits per heavy atom. The van der Waals surface area contributed by atoms with E-state index in [2.05, 4.69) is 0 Å². The molecule has 1 heterocycles. The lowest BCUT2D eigenvalue weighted by Gasteiger charge is -2.03. The summed E-state index contributed by atoms with van der Waals surface area (Å²) in [6.45, 7) is 0.805. The van der Waals surface area contributed by atoms with Crippen LogP contribution < -0.4 is 9.31 Å². The number of hydrogen-bond acceptors (Lipinski definition) is 3. The molecule has 0 radical (unpaired) electrons. The van der Waals surface area contributed by atoms with Crippen LogP contribution in [0.25, 0.3) is 0 Å². The zero-order valence-electron chi connectivity index (χ0n) is 8.94. The van der Waals surface area contributed by atoms with Crippen molar-refractivity contribution in [3.63, 3.8) is 0 Å². The minimum Gasteiger partial charge on any atom is -0.523 e. The summed E-state index contributed by atoms with van der Waals surface area (Å²) in [5.41, 5.74) is 0. The summed E-state index contributed by atoms with van der Waals surface area (Å²) < 4.78 is 16.2. The van der Waals surface area contributed by atoms with Gasteiger partial charge in [-0.05, 0) is 18.6 Å². The monoisotopic (exact) mass is 206 g/mol. The van der Waals surface area contributed by atoms with Gasteiger partial charge >= 0.3 is 7.12 Å². The summed E-state index contributed by atoms with van der Waals surface area (Å²) >= 11 is 0. The van der Waals surface area contributed by atoms with E-state index in [0.29, 0.717) is 0 Å². The molecule has 0 atom stereocenters. The molecular weight excluding hydrogens is 191 g/mol. The summed E-state index contributed by atoms with van der Waals surface area (Å²) in [6, 6.07) is 7.78. The molecule has 1 aliphatic heterocycles. The van der Waals surface area contributed by atoms with E-state index in [-0.39, 0.29) is 7.12 Å². The quantitative estimate of drug-likeness (QED) is 0.546. The molecule has 0 fully saturated rings. The van der Waals surface area contributed by atoms with Crippen molar-refractivity contribution in [3.05, 3.63) is 24.3 Å². The van der Waals surface area contributed by atoms with Crippen molar-refractivity contribution in [2.75, 3.05) is 13.7 Å². The Kier molecular flexibility index (Phi) is 3.51. The number of methoxy groups -OCH3 is 1. The fourth-order valence-corrected chi connectivity index (χ4v) is 1.63. The van der Waals surface area contributed by atoms with Gasteiger partial charge in [-0.2, -0.15) is 0 Å². The molecule has 0 unspecified atom stereocenters. The number of rotatable bonds is 5. The van der Waals surface area contributed by atoms with Crippen LogP contribution in [0.15, 0.2) is 24.3 Å². The van der Waals surface area contributed by atoms with Gasteiger partial charge < -0.3 is 14.0 Å². The van der Waals surface area contributed by atoms with Crippen LogP contribution in [0, 0.1) is 0 Å². The summed E-state index contributed by atoms with van der Waals surface area (Å²) in [5.74, 6) is 1.71. The standard InChI is InChI=1S/C11H15BO3/c1-13-9-5-4-8-12-14-10-6-2-3-7-11(10)15-12/h2-3,6-7H,4-5,8-9H2,1H3. The number of ether oxygens (including phenoxy) is 1. The van der Waals surface area contributed by atoms with Crippen LogP contribution in [-0.2, 0) is 4.74 Å². The number of unbranched alkanes of at least 4 members (excludes halogenated alkanes) is 1. The average Bonchev–Trinajstić information content (AvgIpc) is 2.67. The maximum atomic E-state index is 5.62. The second-order valence-corrected chi connectivity index (χ2v) is 3.60. The van der Waals surface area contributed by atoms with Crippen molar-refractivity contribution >= 4 is 7.12 Å². The van der Waals surface area contributed by atoms with E-state index in [0.717, 1.165) is 37.3 Å². The van der Waals surface area contributed by atoms with Gasteiger partial charge in [-0.15, -0.1) is 0 Å². The normalized spacial score (nSPS) is 13.3. The van der Waals surface area contributed by atoms with E-state index in [1.807, 2.05) is 24.3 Å². The maximum absolute atomic E-state index is 5.62. The van der Waals surface area contributed by atoms with Crippen molar-refractivity contribution in [2.45, 2.75) is 19.2 Å². The molecule has 4 heteroatoms. The van der Waals surface area contributed by atoms with Crippen molar-refractivity contribution in [1.82, 2.24) is 0 Å². The SMILES string of the molecule is COCCCCB1Oc2ccccc2O1. The first kappa shape index (κ1) is 10.4. The lowest BCUT2D eigenvalue weighted by atomic mass is 9.83. The summed E-state index contributed by atoms with van der Waals surface area (Å²) in [7, 11) is 1.61. The maximum Gasteiger partial charge on any atom is 0.594 e. The van der Waals surface area contributed by atoms with Crippen molar-refractivity contribution in [1.29, 1.82) is 0 Å². The topological polar surface area (TPSA) is 27.7 Å². The van der Waals surface area contributed by atoms with Crippen LogP contribution in [0.2, 0.25) is 6.32 Å². The van der Waals surface area contributed by atoms with Gasteiger partial charge in [0.15, 0.2) is 0 Å². The molecule has 0 N–H and O–H groups in total. The van der Waals surface area contributed by atoms with Crippen LogP contribution in [0.4, 0.5) is 0 Å². The molecule has 15 heavy (non-hydrogen) atoms. The van der Waals surface area contributed by atoms with Gasteiger partial charge in [0.25, 0.3) is 0 Å². The number of hydrogen-bond donors (Lipinski definition) is 0. The Morgan fingerprint density at radius 1 is 1.13 bits per heavy atom. The van der Waals surface area contributed by atoms with E-state index < -0.39 is 0 Å². The third-order valence-electron chi connectivity index (χ3n) is 2.40. The largest absolute Gasteiger partial charge is 0.594 e. The van der Waals surface area contributed by atoms with Gasteiger partial charge in [0.2, 0.25) is 0 Å². The highest BCUT2D eigenvalue weighted by atomic mass is 16.6. The third-order valence-corrected chi connectivity index (χ3v) is 2.40. The molecule has 0 aromatic heterocycles. The minimum absolute atomic E-state index is 0.112. The van der Waals surface area contributed by atoms with E-state index >= 15 is 0 Å². The van der Waals surface area contributed by atoms with Gasteiger partial charge in [-0.25, -0.2) is 0 Å². The van der Waals surface area contributed by atoms with Gasteiger partial charge in [0.1, 0.15) is 11.5 Å². The number of benzene rings is 1. The van der Waals surface area contributed by atoms with Gasteiger partial charge in [0, 0.05) is 20.0 Å². The fraction of sp³-hybridized carbons (Fsp3) is 0.455. The summed E-state index contributed by atoms with van der Waals surface area (Å²) in [4.78, 5) is 0. The van der Waals surface area contributed by atoms with Crippen molar-refractivity contribution < 1.29 is 14.0 Å². The predicted octanol–water partition coefficient (Wildman–Crippen LogP) is 2.37. The molecule has 1 aromatic carbocycles. The molecule has 1 aliphatic rings. The fourth-order valence-electron chi connectivity index (χ4n) is 1.63. The highest BCUT2D eigenvalue weighted by Crippen LogP contribution is 2.33. The van der Waals surface area contributed by atoms with Crippen molar-refractivity contribution in [2.24, 2.45) is 0 Å². The lowest BCUT2D eigenvalue weighted by Crippen LogP contribution is -2.23. The van der Waals surface area contributed by atoms with E-state index in [4.69, 9.17) is 14.0 Å². The second kappa shape index (κ2) is 5.07. The van der Waals surface area contributed by atoms with Crippen LogP contribution >= 0.6 is 0 Å². The zero-order chi connectivity index (χ0) is 10.5. The number of fused-ring (bicyclic) bond motifs is 1. The molecule has 0 saturated heterocycles. The molecule has 0 spiro atoms. The van der Waals surface area contributed by atoms with Gasteiger partial charge in [0.05, 0.1) is 0 Å². The molecular formula is C11H15BO3. The Bertz CT molecular complexity index is 291. The van der Waals surface area contributed by atoms with Crippen LogP contribution in [0.3, 0.4) is 0 Å². The Hall–Kier alpha value is -1.16. The minimum atomic E-state index is -0.112. The van der Waals surface area contributed by atoms with Crippen LogP contribution in [0.5, 0.6) is 11.5 Å². The first-order valence-corrected chi connectivity index (χ1v) is 5.31. The van der Waals surface area contributed by atoms with E-state index in [1.165, 1.54) is 0 Å². The lowest BCUT2D eigenvalue weighted by molar-refractivity contribution is 0.194. The molecule has 0 bridgehead atoms. The Morgan fingerprint density at radius 3 is 2.40 bits per heavy atom. The molecule has 0 saturated carbocycles. The van der Waals surface area contributed by atoms with Crippen LogP contribution in [-0.4, -0.2) is 20.8 Å². The highest BCUT2D eigenvalue weighted by Gasteiger charge is 2.30. The van der Waals surface area contributed by atoms with Crippen molar-refractivity contribution in [3.8, 4) is 11.5 Å². The summed E-state index contributed by atoms with van der Waals surface area (Å²) in [5, 5.41) is 0.